The number of benzene rings is 1. The second kappa shape index (κ2) is 6.23. The molecule has 1 aliphatic heterocycles. The number of rotatable bonds is 3. The minimum absolute atomic E-state index is 0.0127. The summed E-state index contributed by atoms with van der Waals surface area (Å²) in [4.78, 5) is 14.8. The number of hydrogen-bond donors (Lipinski definition) is 0. The Balaban J connectivity index is 2.19. The molecule has 0 N–H and O–H groups in total. The molecule has 2 heteroatoms. The van der Waals surface area contributed by atoms with E-state index in [1.807, 2.05) is 0 Å². The van der Waals surface area contributed by atoms with Gasteiger partial charge >= 0.3 is 0 Å². The van der Waals surface area contributed by atoms with Gasteiger partial charge in [-0.2, -0.15) is 0 Å². The number of nitrogens with zero attached hydrogens (tertiary/aromatic N) is 1. The topological polar surface area (TPSA) is 20.3 Å². The summed E-state index contributed by atoms with van der Waals surface area (Å²) in [5, 5.41) is 0. The van der Waals surface area contributed by atoms with Crippen molar-refractivity contribution in [3.63, 3.8) is 0 Å². The summed E-state index contributed by atoms with van der Waals surface area (Å²) in [5.74, 6) is 0.675. The van der Waals surface area contributed by atoms with Crippen LogP contribution in [0.5, 0.6) is 0 Å². The van der Waals surface area contributed by atoms with Crippen molar-refractivity contribution >= 4 is 5.91 Å². The van der Waals surface area contributed by atoms with Crippen LogP contribution in [-0.4, -0.2) is 23.9 Å². The summed E-state index contributed by atoms with van der Waals surface area (Å²) in [6.07, 6.45) is 3.58. The lowest BCUT2D eigenvalue weighted by Gasteiger charge is -2.32. The van der Waals surface area contributed by atoms with E-state index < -0.39 is 0 Å². The molecule has 1 saturated heterocycles. The minimum atomic E-state index is 0.0127. The molecule has 2 rings (SSSR count). The maximum Gasteiger partial charge on any atom is 0.230 e. The molecule has 19 heavy (non-hydrogen) atoms. The van der Waals surface area contributed by atoms with E-state index in [1.54, 1.807) is 0 Å². The summed E-state index contributed by atoms with van der Waals surface area (Å²) in [5.41, 5.74) is 2.41. The van der Waals surface area contributed by atoms with Crippen molar-refractivity contribution in [3.8, 4) is 0 Å². The minimum Gasteiger partial charge on any atom is -0.342 e. The first-order valence-electron chi connectivity index (χ1n) is 7.45. The van der Waals surface area contributed by atoms with Gasteiger partial charge in [-0.15, -0.1) is 0 Å². The Morgan fingerprint density at radius 2 is 1.63 bits per heavy atom. The van der Waals surface area contributed by atoms with E-state index in [0.29, 0.717) is 11.8 Å². The highest BCUT2D eigenvalue weighted by Crippen LogP contribution is 2.28. The Morgan fingerprint density at radius 1 is 1.05 bits per heavy atom. The lowest BCUT2D eigenvalue weighted by Crippen LogP contribution is -2.40. The number of likely N-dealkylation sites (tertiary alicyclic amines) is 1. The van der Waals surface area contributed by atoms with Gasteiger partial charge in [-0.1, -0.05) is 43.7 Å². The number of piperidine rings is 1. The maximum absolute atomic E-state index is 12.8. The van der Waals surface area contributed by atoms with Crippen LogP contribution in [-0.2, 0) is 4.79 Å². The molecule has 1 amide bonds. The molecule has 1 fully saturated rings. The first kappa shape index (κ1) is 14.1. The lowest BCUT2D eigenvalue weighted by molar-refractivity contribution is -0.134. The third-order valence-electron chi connectivity index (χ3n) is 4.04. The molecular formula is C17H25NO. The van der Waals surface area contributed by atoms with Crippen LogP contribution in [0.1, 0.15) is 50.2 Å². The van der Waals surface area contributed by atoms with E-state index in [0.717, 1.165) is 31.5 Å². The molecule has 0 bridgehead atoms. The first-order valence-corrected chi connectivity index (χ1v) is 7.45. The number of amides is 1. The molecule has 1 unspecified atom stereocenters. The van der Waals surface area contributed by atoms with Gasteiger partial charge in [0.05, 0.1) is 5.92 Å². The predicted molar refractivity (Wildman–Crippen MR) is 79.2 cm³/mol. The highest BCUT2D eigenvalue weighted by Gasteiger charge is 2.29. The van der Waals surface area contributed by atoms with Crippen molar-refractivity contribution in [3.05, 3.63) is 35.4 Å². The van der Waals surface area contributed by atoms with Crippen LogP contribution in [0, 0.1) is 12.8 Å². The van der Waals surface area contributed by atoms with Gasteiger partial charge in [-0.3, -0.25) is 4.79 Å². The summed E-state index contributed by atoms with van der Waals surface area (Å²) in [6, 6.07) is 8.44. The van der Waals surface area contributed by atoms with E-state index in [1.165, 1.54) is 12.0 Å². The van der Waals surface area contributed by atoms with Crippen LogP contribution < -0.4 is 0 Å². The Morgan fingerprint density at radius 3 is 2.16 bits per heavy atom. The molecule has 1 aromatic rings. The lowest BCUT2D eigenvalue weighted by atomic mass is 9.86. The van der Waals surface area contributed by atoms with E-state index in [-0.39, 0.29) is 5.92 Å². The fraction of sp³-hybridized carbons (Fsp3) is 0.588. The van der Waals surface area contributed by atoms with Gasteiger partial charge in [0.1, 0.15) is 0 Å². The second-order valence-electron chi connectivity index (χ2n) is 6.02. The fourth-order valence-corrected chi connectivity index (χ4v) is 2.90. The van der Waals surface area contributed by atoms with Gasteiger partial charge in [0.15, 0.2) is 0 Å². The zero-order chi connectivity index (χ0) is 13.8. The first-order chi connectivity index (χ1) is 9.09. The SMILES string of the molecule is Cc1ccc(C(C(=O)N2CCCCC2)C(C)C)cc1. The molecule has 0 aliphatic carbocycles. The molecule has 2 nitrogen and oxygen atoms in total. The fourth-order valence-electron chi connectivity index (χ4n) is 2.90. The highest BCUT2D eigenvalue weighted by molar-refractivity contribution is 5.84. The van der Waals surface area contributed by atoms with Crippen LogP contribution in [0.4, 0.5) is 0 Å². The van der Waals surface area contributed by atoms with Crippen molar-refractivity contribution in [2.75, 3.05) is 13.1 Å². The van der Waals surface area contributed by atoms with Crippen molar-refractivity contribution in [2.45, 2.75) is 46.0 Å². The van der Waals surface area contributed by atoms with E-state index >= 15 is 0 Å². The third-order valence-corrected chi connectivity index (χ3v) is 4.04. The third kappa shape index (κ3) is 3.37. The van der Waals surface area contributed by atoms with Crippen LogP contribution >= 0.6 is 0 Å². The van der Waals surface area contributed by atoms with Gasteiger partial charge in [0, 0.05) is 13.1 Å². The number of aryl methyl sites for hydroxylation is 1. The molecule has 1 heterocycles. The smallest absolute Gasteiger partial charge is 0.230 e. The molecule has 1 aliphatic rings. The van der Waals surface area contributed by atoms with Crippen LogP contribution in [0.15, 0.2) is 24.3 Å². The van der Waals surface area contributed by atoms with Gasteiger partial charge in [-0.25, -0.2) is 0 Å². The van der Waals surface area contributed by atoms with Crippen molar-refractivity contribution in [1.29, 1.82) is 0 Å². The van der Waals surface area contributed by atoms with Gasteiger partial charge in [-0.05, 0) is 37.7 Å². The second-order valence-corrected chi connectivity index (χ2v) is 6.02. The normalized spacial score (nSPS) is 17.6. The van der Waals surface area contributed by atoms with Crippen LogP contribution in [0.3, 0.4) is 0 Å². The average molecular weight is 259 g/mol. The van der Waals surface area contributed by atoms with Gasteiger partial charge in [0.25, 0.3) is 0 Å². The van der Waals surface area contributed by atoms with E-state index in [4.69, 9.17) is 0 Å². The maximum atomic E-state index is 12.8. The van der Waals surface area contributed by atoms with Crippen molar-refractivity contribution in [2.24, 2.45) is 5.92 Å². The van der Waals surface area contributed by atoms with Crippen molar-refractivity contribution < 1.29 is 4.79 Å². The molecule has 1 atom stereocenters. The molecule has 0 spiro atoms. The summed E-state index contributed by atoms with van der Waals surface area (Å²) >= 11 is 0. The van der Waals surface area contributed by atoms with Gasteiger partial charge < -0.3 is 4.90 Å². The summed E-state index contributed by atoms with van der Waals surface area (Å²) in [7, 11) is 0. The van der Waals surface area contributed by atoms with Crippen molar-refractivity contribution in [1.82, 2.24) is 4.90 Å². The Labute approximate surface area is 116 Å². The number of carbonyl (C=O) groups is 1. The van der Waals surface area contributed by atoms with Crippen LogP contribution in [0.2, 0.25) is 0 Å². The Kier molecular flexibility index (Phi) is 4.62. The van der Waals surface area contributed by atoms with E-state index in [9.17, 15) is 4.79 Å². The zero-order valence-electron chi connectivity index (χ0n) is 12.4. The molecule has 0 aromatic heterocycles. The standard InChI is InChI=1S/C17H25NO/c1-13(2)16(15-9-7-14(3)8-10-15)17(19)18-11-5-4-6-12-18/h7-10,13,16H,4-6,11-12H2,1-3H3. The monoisotopic (exact) mass is 259 g/mol. The Hall–Kier alpha value is -1.31. The Bertz CT molecular complexity index is 415. The average Bonchev–Trinajstić information content (AvgIpc) is 2.42. The summed E-state index contributed by atoms with van der Waals surface area (Å²) in [6.45, 7) is 8.25. The highest BCUT2D eigenvalue weighted by atomic mass is 16.2. The van der Waals surface area contributed by atoms with Gasteiger partial charge in [0.2, 0.25) is 5.91 Å². The molecular weight excluding hydrogens is 234 g/mol. The number of carbonyl (C=O) groups excluding carboxylic acids is 1. The summed E-state index contributed by atoms with van der Waals surface area (Å²) < 4.78 is 0. The quantitative estimate of drug-likeness (QED) is 0.809. The largest absolute Gasteiger partial charge is 0.342 e. The zero-order valence-corrected chi connectivity index (χ0v) is 12.4. The van der Waals surface area contributed by atoms with E-state index in [2.05, 4.69) is 49.9 Å². The molecule has 104 valence electrons. The number of hydrogen-bond acceptors (Lipinski definition) is 1. The molecule has 0 radical (unpaired) electrons. The predicted octanol–water partition coefficient (Wildman–Crippen LogP) is 3.75. The molecule has 1 aromatic carbocycles. The van der Waals surface area contributed by atoms with Crippen LogP contribution in [0.25, 0.3) is 0 Å². The molecule has 0 saturated carbocycles.